The number of ether oxygens (including phenoxy) is 1. The molecule has 6 heteroatoms. The summed E-state index contributed by atoms with van der Waals surface area (Å²) in [5.74, 6) is 1.61. The molecule has 130 valence electrons. The Labute approximate surface area is 169 Å². The molecule has 0 saturated heterocycles. The summed E-state index contributed by atoms with van der Waals surface area (Å²) in [7, 11) is 3.44. The molecule has 0 fully saturated rings. The minimum absolute atomic E-state index is 0. The molecule has 24 heavy (non-hydrogen) atoms. The van der Waals surface area contributed by atoms with Crippen molar-refractivity contribution in [2.24, 2.45) is 4.99 Å². The molecule has 0 saturated carbocycles. The largest absolute Gasteiger partial charge is 0.496 e. The van der Waals surface area contributed by atoms with Crippen molar-refractivity contribution >= 4 is 45.9 Å². The molecule has 4 nitrogen and oxygen atoms in total. The average Bonchev–Trinajstić information content (AvgIpc) is 2.56. The third-order valence-electron chi connectivity index (χ3n) is 3.61. The quantitative estimate of drug-likeness (QED) is 0.364. The van der Waals surface area contributed by atoms with Crippen molar-refractivity contribution in [2.75, 3.05) is 14.2 Å². The van der Waals surface area contributed by atoms with Crippen molar-refractivity contribution < 1.29 is 4.74 Å². The van der Waals surface area contributed by atoms with Gasteiger partial charge in [0.25, 0.3) is 0 Å². The SMILES string of the molecule is CN=C(NCc1ccc(OC)c(Br)c1)NCc1ccccc1C.I. The first kappa shape index (κ1) is 20.8. The summed E-state index contributed by atoms with van der Waals surface area (Å²) in [6, 6.07) is 14.4. The van der Waals surface area contributed by atoms with Gasteiger partial charge in [0.2, 0.25) is 0 Å². The first-order valence-electron chi connectivity index (χ1n) is 7.45. The number of benzene rings is 2. The maximum Gasteiger partial charge on any atom is 0.191 e. The van der Waals surface area contributed by atoms with Crippen LogP contribution < -0.4 is 15.4 Å². The molecule has 0 bridgehead atoms. The molecule has 2 aromatic rings. The van der Waals surface area contributed by atoms with E-state index >= 15 is 0 Å². The van der Waals surface area contributed by atoms with Gasteiger partial charge in [0, 0.05) is 20.1 Å². The van der Waals surface area contributed by atoms with Crippen molar-refractivity contribution in [1.29, 1.82) is 0 Å². The molecule has 0 aliphatic carbocycles. The molecule has 2 rings (SSSR count). The van der Waals surface area contributed by atoms with E-state index in [-0.39, 0.29) is 24.0 Å². The number of rotatable bonds is 5. The molecule has 0 radical (unpaired) electrons. The van der Waals surface area contributed by atoms with Crippen LogP contribution in [0.4, 0.5) is 0 Å². The summed E-state index contributed by atoms with van der Waals surface area (Å²) < 4.78 is 6.19. The maximum atomic E-state index is 5.24. The van der Waals surface area contributed by atoms with E-state index in [1.807, 2.05) is 24.3 Å². The van der Waals surface area contributed by atoms with Gasteiger partial charge >= 0.3 is 0 Å². The molecule has 0 aliphatic rings. The number of halogens is 2. The van der Waals surface area contributed by atoms with E-state index in [9.17, 15) is 0 Å². The van der Waals surface area contributed by atoms with Crippen LogP contribution in [0.25, 0.3) is 0 Å². The lowest BCUT2D eigenvalue weighted by Gasteiger charge is -2.13. The Morgan fingerprint density at radius 2 is 1.83 bits per heavy atom. The number of aryl methyl sites for hydroxylation is 1. The fraction of sp³-hybridized carbons (Fsp3) is 0.278. The van der Waals surface area contributed by atoms with Crippen molar-refractivity contribution in [3.8, 4) is 5.75 Å². The highest BCUT2D eigenvalue weighted by Gasteiger charge is 2.03. The minimum atomic E-state index is 0. The zero-order valence-electron chi connectivity index (χ0n) is 14.1. The molecule has 0 atom stereocenters. The van der Waals surface area contributed by atoms with Crippen molar-refractivity contribution in [1.82, 2.24) is 10.6 Å². The number of nitrogens with zero attached hydrogens (tertiary/aromatic N) is 1. The van der Waals surface area contributed by atoms with Gasteiger partial charge in [-0.25, -0.2) is 0 Å². The van der Waals surface area contributed by atoms with Crippen LogP contribution in [0, 0.1) is 6.92 Å². The van der Waals surface area contributed by atoms with Crippen LogP contribution in [-0.4, -0.2) is 20.1 Å². The molecule has 0 aromatic heterocycles. The van der Waals surface area contributed by atoms with Gasteiger partial charge < -0.3 is 15.4 Å². The summed E-state index contributed by atoms with van der Waals surface area (Å²) in [5.41, 5.74) is 3.69. The fourth-order valence-electron chi connectivity index (χ4n) is 2.21. The lowest BCUT2D eigenvalue weighted by atomic mass is 10.1. The van der Waals surface area contributed by atoms with Crippen LogP contribution in [0.3, 0.4) is 0 Å². The van der Waals surface area contributed by atoms with E-state index in [0.29, 0.717) is 6.54 Å². The summed E-state index contributed by atoms with van der Waals surface area (Å²) in [6.45, 7) is 3.55. The van der Waals surface area contributed by atoms with Crippen molar-refractivity contribution in [3.63, 3.8) is 0 Å². The highest BCUT2D eigenvalue weighted by atomic mass is 127. The summed E-state index contributed by atoms with van der Waals surface area (Å²) >= 11 is 3.50. The highest BCUT2D eigenvalue weighted by molar-refractivity contribution is 14.0. The van der Waals surface area contributed by atoms with Gasteiger partial charge in [0.05, 0.1) is 11.6 Å². The number of hydrogen-bond acceptors (Lipinski definition) is 2. The van der Waals surface area contributed by atoms with Gasteiger partial charge in [-0.15, -0.1) is 24.0 Å². The van der Waals surface area contributed by atoms with Crippen LogP contribution in [0.15, 0.2) is 51.9 Å². The molecule has 0 spiro atoms. The van der Waals surface area contributed by atoms with Gasteiger partial charge in [-0.05, 0) is 51.7 Å². The zero-order valence-corrected chi connectivity index (χ0v) is 18.0. The zero-order chi connectivity index (χ0) is 16.7. The van der Waals surface area contributed by atoms with E-state index < -0.39 is 0 Å². The van der Waals surface area contributed by atoms with Crippen LogP contribution >= 0.6 is 39.9 Å². The Hall–Kier alpha value is -1.28. The molecular formula is C18H23BrIN3O. The molecule has 0 unspecified atom stereocenters. The number of aliphatic imine (C=N–C) groups is 1. The summed E-state index contributed by atoms with van der Waals surface area (Å²) in [4.78, 5) is 4.26. The van der Waals surface area contributed by atoms with Crippen LogP contribution in [0.1, 0.15) is 16.7 Å². The van der Waals surface area contributed by atoms with E-state index in [2.05, 4.69) is 56.7 Å². The van der Waals surface area contributed by atoms with Gasteiger partial charge in [-0.1, -0.05) is 30.3 Å². The Bertz CT molecular complexity index is 692. The monoisotopic (exact) mass is 503 g/mol. The van der Waals surface area contributed by atoms with Crippen LogP contribution in [0.5, 0.6) is 5.75 Å². The highest BCUT2D eigenvalue weighted by Crippen LogP contribution is 2.25. The predicted molar refractivity (Wildman–Crippen MR) is 114 cm³/mol. The summed E-state index contributed by atoms with van der Waals surface area (Å²) in [6.07, 6.45) is 0. The lowest BCUT2D eigenvalue weighted by Crippen LogP contribution is -2.36. The number of methoxy groups -OCH3 is 1. The number of hydrogen-bond donors (Lipinski definition) is 2. The van der Waals surface area contributed by atoms with E-state index in [1.54, 1.807) is 14.2 Å². The standard InChI is InChI=1S/C18H22BrN3O.HI/c1-13-6-4-5-7-15(13)12-22-18(20-2)21-11-14-8-9-17(23-3)16(19)10-14;/h4-10H,11-12H2,1-3H3,(H2,20,21,22);1H. The normalized spacial score (nSPS) is 10.8. The smallest absolute Gasteiger partial charge is 0.191 e. The molecule has 0 heterocycles. The van der Waals surface area contributed by atoms with Crippen LogP contribution in [-0.2, 0) is 13.1 Å². The summed E-state index contributed by atoms with van der Waals surface area (Å²) in [5, 5.41) is 6.65. The topological polar surface area (TPSA) is 45.7 Å². The minimum Gasteiger partial charge on any atom is -0.496 e. The first-order chi connectivity index (χ1) is 11.1. The van der Waals surface area contributed by atoms with E-state index in [0.717, 1.165) is 28.3 Å². The van der Waals surface area contributed by atoms with Crippen LogP contribution in [0.2, 0.25) is 0 Å². The Balaban J connectivity index is 0.00000288. The second-order valence-corrected chi connectivity index (χ2v) is 6.03. The Morgan fingerprint density at radius 3 is 2.46 bits per heavy atom. The van der Waals surface area contributed by atoms with E-state index in [4.69, 9.17) is 4.74 Å². The average molecular weight is 504 g/mol. The second kappa shape index (κ2) is 10.6. The second-order valence-electron chi connectivity index (χ2n) is 5.17. The molecule has 0 amide bonds. The molecule has 2 N–H and O–H groups in total. The first-order valence-corrected chi connectivity index (χ1v) is 8.24. The van der Waals surface area contributed by atoms with E-state index in [1.165, 1.54) is 11.1 Å². The van der Waals surface area contributed by atoms with Crippen molar-refractivity contribution in [2.45, 2.75) is 20.0 Å². The third kappa shape index (κ3) is 5.98. The molecule has 2 aromatic carbocycles. The maximum absolute atomic E-state index is 5.24. The molecule has 0 aliphatic heterocycles. The Morgan fingerprint density at radius 1 is 1.12 bits per heavy atom. The van der Waals surface area contributed by atoms with Gasteiger partial charge in [-0.3, -0.25) is 4.99 Å². The van der Waals surface area contributed by atoms with Gasteiger partial charge in [-0.2, -0.15) is 0 Å². The van der Waals surface area contributed by atoms with Gasteiger partial charge in [0.15, 0.2) is 5.96 Å². The lowest BCUT2D eigenvalue weighted by molar-refractivity contribution is 0.412. The Kier molecular flexibility index (Phi) is 9.13. The third-order valence-corrected chi connectivity index (χ3v) is 4.23. The number of nitrogens with one attached hydrogen (secondary N) is 2. The fourth-order valence-corrected chi connectivity index (χ4v) is 2.80. The number of guanidine groups is 1. The van der Waals surface area contributed by atoms with Crippen molar-refractivity contribution in [3.05, 3.63) is 63.6 Å². The van der Waals surface area contributed by atoms with Gasteiger partial charge in [0.1, 0.15) is 5.75 Å². The molecular weight excluding hydrogens is 481 g/mol. The predicted octanol–water partition coefficient (Wildman–Crippen LogP) is 4.25.